The highest BCUT2D eigenvalue weighted by atomic mass is 16.5. The molecule has 0 saturated carbocycles. The average molecular weight is 585 g/mol. The van der Waals surface area contributed by atoms with Crippen LogP contribution in [0.3, 0.4) is 0 Å². The van der Waals surface area contributed by atoms with E-state index in [4.69, 9.17) is 23.7 Å². The fourth-order valence-electron chi connectivity index (χ4n) is 6.00. The van der Waals surface area contributed by atoms with E-state index in [0.29, 0.717) is 63.3 Å². The van der Waals surface area contributed by atoms with Crippen molar-refractivity contribution in [2.45, 2.75) is 31.6 Å². The van der Waals surface area contributed by atoms with Crippen LogP contribution in [0.1, 0.15) is 42.7 Å². The molecular formula is C34H36N2O7. The summed E-state index contributed by atoms with van der Waals surface area (Å²) in [6, 6.07) is 18.3. The lowest BCUT2D eigenvalue weighted by Gasteiger charge is -2.37. The SMILES string of the molecule is COc1ccc(OC)c([C@H]2C(C(=O)Nc3ccccc3OC)=C(C)NC3=C2C(=O)C[C@@H](c2ccc(OC)c(OC)c2)C3)c1. The number of para-hydroxylation sites is 2. The number of allylic oxidation sites excluding steroid dienone is 3. The number of ether oxygens (including phenoxy) is 5. The molecule has 0 fully saturated rings. The average Bonchev–Trinajstić information content (AvgIpc) is 3.03. The lowest BCUT2D eigenvalue weighted by Crippen LogP contribution is -2.37. The maximum Gasteiger partial charge on any atom is 0.254 e. The van der Waals surface area contributed by atoms with Gasteiger partial charge in [-0.2, -0.15) is 0 Å². The van der Waals surface area contributed by atoms with E-state index in [1.165, 1.54) is 0 Å². The standard InChI is InChI=1S/C34H36N2O7/c1-19-31(34(38)36-24-9-7-8-10-28(24)41-4)32(23-18-22(39-2)12-14-27(23)40-3)33-25(35-19)15-21(16-26(33)37)20-11-13-29(42-5)30(17-20)43-6/h7-14,17-18,21,32,35H,15-16H2,1-6H3,(H,36,38)/t21-,32-/m0/s1. The molecule has 2 N–H and O–H groups in total. The Bertz CT molecular complexity index is 1620. The van der Waals surface area contributed by atoms with Crippen molar-refractivity contribution in [2.75, 3.05) is 40.9 Å². The first-order chi connectivity index (χ1) is 20.8. The lowest BCUT2D eigenvalue weighted by molar-refractivity contribution is -0.116. The van der Waals surface area contributed by atoms with Crippen molar-refractivity contribution in [2.24, 2.45) is 0 Å². The molecule has 3 aromatic rings. The summed E-state index contributed by atoms with van der Waals surface area (Å²) in [5, 5.41) is 6.43. The van der Waals surface area contributed by atoms with Gasteiger partial charge in [0, 0.05) is 34.5 Å². The quantitative estimate of drug-likeness (QED) is 0.329. The number of amides is 1. The molecular weight excluding hydrogens is 548 g/mol. The topological polar surface area (TPSA) is 104 Å². The zero-order valence-corrected chi connectivity index (χ0v) is 25.2. The zero-order valence-electron chi connectivity index (χ0n) is 25.2. The number of carbonyl (C=O) groups is 2. The van der Waals surface area contributed by atoms with Gasteiger partial charge in [0.25, 0.3) is 5.91 Å². The second-order valence-electron chi connectivity index (χ2n) is 10.4. The second kappa shape index (κ2) is 12.5. The van der Waals surface area contributed by atoms with Gasteiger partial charge in [-0.15, -0.1) is 0 Å². The number of methoxy groups -OCH3 is 5. The summed E-state index contributed by atoms with van der Waals surface area (Å²) in [6.07, 6.45) is 0.831. The van der Waals surface area contributed by atoms with Crippen LogP contribution in [-0.2, 0) is 9.59 Å². The number of benzene rings is 3. The van der Waals surface area contributed by atoms with E-state index >= 15 is 0 Å². The van der Waals surface area contributed by atoms with Gasteiger partial charge in [0.15, 0.2) is 17.3 Å². The highest BCUT2D eigenvalue weighted by Gasteiger charge is 2.42. The van der Waals surface area contributed by atoms with Gasteiger partial charge in [0.2, 0.25) is 0 Å². The predicted octanol–water partition coefficient (Wildman–Crippen LogP) is 5.73. The number of ketones is 1. The first-order valence-electron chi connectivity index (χ1n) is 14.0. The molecule has 2 atom stereocenters. The molecule has 2 aliphatic rings. The Morgan fingerprint density at radius 2 is 1.49 bits per heavy atom. The molecule has 1 aliphatic heterocycles. The number of hydrogen-bond donors (Lipinski definition) is 2. The summed E-state index contributed by atoms with van der Waals surface area (Å²) in [4.78, 5) is 28.2. The van der Waals surface area contributed by atoms with Gasteiger partial charge in [0.1, 0.15) is 17.2 Å². The Balaban J connectivity index is 1.61. The third-order valence-electron chi connectivity index (χ3n) is 8.05. The Kier molecular flexibility index (Phi) is 8.61. The molecule has 9 nitrogen and oxygen atoms in total. The molecule has 5 rings (SSSR count). The maximum absolute atomic E-state index is 14.2. The van der Waals surface area contributed by atoms with E-state index in [2.05, 4.69) is 10.6 Å². The summed E-state index contributed by atoms with van der Waals surface area (Å²) in [6.45, 7) is 1.85. The number of nitrogens with one attached hydrogen (secondary N) is 2. The van der Waals surface area contributed by atoms with Crippen LogP contribution < -0.4 is 34.3 Å². The number of Topliss-reactive ketones (excluding diaryl/α,β-unsaturated/α-hetero) is 1. The molecule has 1 heterocycles. The van der Waals surface area contributed by atoms with Crippen LogP contribution in [0.5, 0.6) is 28.7 Å². The number of hydrogen-bond acceptors (Lipinski definition) is 8. The Morgan fingerprint density at radius 3 is 2.19 bits per heavy atom. The van der Waals surface area contributed by atoms with Gasteiger partial charge in [-0.3, -0.25) is 9.59 Å². The fourth-order valence-corrected chi connectivity index (χ4v) is 6.00. The lowest BCUT2D eigenvalue weighted by atomic mass is 9.71. The van der Waals surface area contributed by atoms with Crippen LogP contribution in [-0.4, -0.2) is 47.2 Å². The molecule has 0 bridgehead atoms. The molecule has 9 heteroatoms. The van der Waals surface area contributed by atoms with Gasteiger partial charge in [0.05, 0.1) is 47.2 Å². The van der Waals surface area contributed by atoms with Gasteiger partial charge in [-0.05, 0) is 67.3 Å². The molecule has 0 saturated heterocycles. The van der Waals surface area contributed by atoms with E-state index in [-0.39, 0.29) is 24.0 Å². The first-order valence-corrected chi connectivity index (χ1v) is 14.0. The van der Waals surface area contributed by atoms with E-state index < -0.39 is 5.92 Å². The van der Waals surface area contributed by atoms with Gasteiger partial charge in [-0.25, -0.2) is 0 Å². The number of carbonyl (C=O) groups excluding carboxylic acids is 2. The van der Waals surface area contributed by atoms with Gasteiger partial charge >= 0.3 is 0 Å². The number of rotatable bonds is 9. The van der Waals surface area contributed by atoms with Gasteiger partial charge in [-0.1, -0.05) is 18.2 Å². The molecule has 0 unspecified atom stereocenters. The fraction of sp³-hybridized carbons (Fsp3) is 0.294. The molecule has 224 valence electrons. The van der Waals surface area contributed by atoms with E-state index in [0.717, 1.165) is 11.3 Å². The summed E-state index contributed by atoms with van der Waals surface area (Å²) in [5.74, 6) is 1.69. The maximum atomic E-state index is 14.2. The first kappa shape index (κ1) is 29.6. The smallest absolute Gasteiger partial charge is 0.254 e. The largest absolute Gasteiger partial charge is 0.497 e. The van der Waals surface area contributed by atoms with Crippen LogP contribution in [0, 0.1) is 0 Å². The van der Waals surface area contributed by atoms with Crippen molar-refractivity contribution in [1.82, 2.24) is 5.32 Å². The Labute approximate surface area is 251 Å². The van der Waals surface area contributed by atoms with Crippen molar-refractivity contribution in [3.05, 3.63) is 94.3 Å². The molecule has 0 aromatic heterocycles. The Morgan fingerprint density at radius 1 is 0.791 bits per heavy atom. The van der Waals surface area contributed by atoms with Crippen LogP contribution in [0.2, 0.25) is 0 Å². The number of dihydropyridines is 1. The molecule has 0 radical (unpaired) electrons. The predicted molar refractivity (Wildman–Crippen MR) is 163 cm³/mol. The van der Waals surface area contributed by atoms with Crippen molar-refractivity contribution < 1.29 is 33.3 Å². The summed E-state index contributed by atoms with van der Waals surface area (Å²) >= 11 is 0. The van der Waals surface area contributed by atoms with Crippen molar-refractivity contribution in [3.8, 4) is 28.7 Å². The van der Waals surface area contributed by atoms with Crippen molar-refractivity contribution >= 4 is 17.4 Å². The molecule has 3 aromatic carbocycles. The van der Waals surface area contributed by atoms with E-state index in [1.54, 1.807) is 59.8 Å². The highest BCUT2D eigenvalue weighted by Crippen LogP contribution is 2.49. The minimum Gasteiger partial charge on any atom is -0.497 e. The third-order valence-corrected chi connectivity index (χ3v) is 8.05. The van der Waals surface area contributed by atoms with E-state index in [9.17, 15) is 9.59 Å². The molecule has 0 spiro atoms. The summed E-state index contributed by atoms with van der Waals surface area (Å²) in [7, 11) is 7.88. The van der Waals surface area contributed by atoms with Gasteiger partial charge < -0.3 is 34.3 Å². The highest BCUT2D eigenvalue weighted by molar-refractivity contribution is 6.10. The normalized spacial score (nSPS) is 18.0. The van der Waals surface area contributed by atoms with Crippen LogP contribution in [0.25, 0.3) is 0 Å². The van der Waals surface area contributed by atoms with Crippen LogP contribution in [0.15, 0.2) is 83.2 Å². The van der Waals surface area contributed by atoms with Crippen molar-refractivity contribution in [3.63, 3.8) is 0 Å². The summed E-state index contributed by atoms with van der Waals surface area (Å²) in [5.41, 5.74) is 4.52. The van der Waals surface area contributed by atoms with E-state index in [1.807, 2.05) is 43.3 Å². The molecule has 43 heavy (non-hydrogen) atoms. The monoisotopic (exact) mass is 584 g/mol. The Hall–Kier alpha value is -4.92. The minimum atomic E-state index is -0.699. The number of anilines is 1. The molecule has 1 aliphatic carbocycles. The zero-order chi connectivity index (χ0) is 30.7. The summed E-state index contributed by atoms with van der Waals surface area (Å²) < 4.78 is 27.7. The van der Waals surface area contributed by atoms with Crippen LogP contribution in [0.4, 0.5) is 5.69 Å². The van der Waals surface area contributed by atoms with Crippen LogP contribution >= 0.6 is 0 Å². The second-order valence-corrected chi connectivity index (χ2v) is 10.4. The minimum absolute atomic E-state index is 0.0569. The molecule has 1 amide bonds. The third kappa shape index (κ3) is 5.62. The van der Waals surface area contributed by atoms with Crippen molar-refractivity contribution in [1.29, 1.82) is 0 Å².